The molecule has 1 aliphatic heterocycles. The second-order valence-corrected chi connectivity index (χ2v) is 7.18. The van der Waals surface area contributed by atoms with Gasteiger partial charge >= 0.3 is 5.97 Å². The molecule has 2 rings (SSSR count). The first kappa shape index (κ1) is 15.9. The van der Waals surface area contributed by atoms with E-state index in [1.807, 2.05) is 0 Å². The topological polar surface area (TPSA) is 74.7 Å². The van der Waals surface area contributed by atoms with Crippen LogP contribution in [-0.4, -0.2) is 44.3 Å². The van der Waals surface area contributed by atoms with E-state index in [4.69, 9.17) is 11.6 Å². The number of nitrogens with zero attached hydrogens (tertiary/aromatic N) is 1. The minimum atomic E-state index is -1.11. The van der Waals surface area contributed by atoms with Crippen molar-refractivity contribution in [3.05, 3.63) is 34.9 Å². The van der Waals surface area contributed by atoms with Crippen LogP contribution >= 0.6 is 23.4 Å². The van der Waals surface area contributed by atoms with Crippen LogP contribution in [-0.2, 0) is 9.59 Å². The maximum atomic E-state index is 12.4. The van der Waals surface area contributed by atoms with Gasteiger partial charge in [0.05, 0.1) is 4.87 Å². The lowest BCUT2D eigenvalue weighted by molar-refractivity contribution is -0.148. The maximum absolute atomic E-state index is 12.4. The first-order valence-electron chi connectivity index (χ1n) is 6.24. The summed E-state index contributed by atoms with van der Waals surface area (Å²) in [5, 5.41) is 9.68. The molecule has 112 valence electrons. The quantitative estimate of drug-likeness (QED) is 0.681. The Morgan fingerprint density at radius 1 is 1.29 bits per heavy atom. The number of hydrogen-bond donors (Lipinski definition) is 1. The molecule has 1 aromatic carbocycles. The van der Waals surface area contributed by atoms with E-state index in [1.165, 1.54) is 36.0 Å². The van der Waals surface area contributed by atoms with Crippen LogP contribution in [0.1, 0.15) is 24.2 Å². The molecule has 1 aliphatic rings. The molecule has 0 aromatic heterocycles. The Labute approximate surface area is 131 Å². The molecule has 1 saturated heterocycles. The molecule has 5 nitrogen and oxygen atoms in total. The summed E-state index contributed by atoms with van der Waals surface area (Å²) in [5.74, 6) is -2.37. The zero-order valence-corrected chi connectivity index (χ0v) is 13.1. The number of hydrogen-bond acceptors (Lipinski definition) is 4. The number of ketones is 1. The Balaban J connectivity index is 2.30. The summed E-state index contributed by atoms with van der Waals surface area (Å²) in [6.07, 6.45) is 0. The molecule has 1 aromatic rings. The van der Waals surface area contributed by atoms with Gasteiger partial charge in [0.25, 0.3) is 5.91 Å². The Morgan fingerprint density at radius 3 is 2.38 bits per heavy atom. The monoisotopic (exact) mass is 327 g/mol. The van der Waals surface area contributed by atoms with E-state index in [2.05, 4.69) is 0 Å². The largest absolute Gasteiger partial charge is 0.480 e. The van der Waals surface area contributed by atoms with Gasteiger partial charge in [0, 0.05) is 16.3 Å². The first-order valence-corrected chi connectivity index (χ1v) is 7.61. The van der Waals surface area contributed by atoms with E-state index in [-0.39, 0.29) is 11.3 Å². The van der Waals surface area contributed by atoms with Gasteiger partial charge in [0.15, 0.2) is 0 Å². The number of halogens is 1. The van der Waals surface area contributed by atoms with Crippen LogP contribution in [0.2, 0.25) is 5.02 Å². The molecular weight excluding hydrogens is 314 g/mol. The van der Waals surface area contributed by atoms with Gasteiger partial charge in [0.2, 0.25) is 5.78 Å². The summed E-state index contributed by atoms with van der Waals surface area (Å²) in [5.41, 5.74) is 0.196. The fourth-order valence-electron chi connectivity index (χ4n) is 2.20. The van der Waals surface area contributed by atoms with Crippen molar-refractivity contribution in [3.63, 3.8) is 0 Å². The van der Waals surface area contributed by atoms with Crippen LogP contribution in [0.5, 0.6) is 0 Å². The summed E-state index contributed by atoms with van der Waals surface area (Å²) in [6, 6.07) is 4.94. The minimum absolute atomic E-state index is 0.196. The van der Waals surface area contributed by atoms with Gasteiger partial charge in [-0.25, -0.2) is 4.79 Å². The molecule has 1 fully saturated rings. The first-order chi connectivity index (χ1) is 9.74. The molecule has 0 aliphatic carbocycles. The average Bonchev–Trinajstić information content (AvgIpc) is 2.73. The van der Waals surface area contributed by atoms with Crippen molar-refractivity contribution in [2.24, 2.45) is 0 Å². The smallest absolute Gasteiger partial charge is 0.327 e. The van der Waals surface area contributed by atoms with E-state index in [9.17, 15) is 19.5 Å². The third-order valence-corrected chi connectivity index (χ3v) is 4.93. The number of carbonyl (C=O) groups excluding carboxylic acids is 2. The molecule has 7 heteroatoms. The fourth-order valence-corrected chi connectivity index (χ4v) is 3.54. The lowest BCUT2D eigenvalue weighted by Gasteiger charge is -2.32. The molecule has 21 heavy (non-hydrogen) atoms. The van der Waals surface area contributed by atoms with Gasteiger partial charge < -0.3 is 10.0 Å². The Morgan fingerprint density at radius 2 is 1.86 bits per heavy atom. The van der Waals surface area contributed by atoms with Crippen LogP contribution in [0.3, 0.4) is 0 Å². The second kappa shape index (κ2) is 5.69. The normalized spacial score (nSPS) is 20.3. The molecule has 1 heterocycles. The molecule has 1 N–H and O–H groups in total. The summed E-state index contributed by atoms with van der Waals surface area (Å²) in [6.45, 7) is 3.46. The molecule has 0 saturated carbocycles. The standard InChI is InChI=1S/C14H14ClNO4S/c1-14(2)16(10(7-21-14)13(19)20)12(18)11(17)8-3-5-9(15)6-4-8/h3-6,10H,7H2,1-2H3,(H,19,20)/t10-/m0/s1. The molecule has 0 unspecified atom stereocenters. The van der Waals surface area contributed by atoms with Gasteiger partial charge in [-0.3, -0.25) is 9.59 Å². The van der Waals surface area contributed by atoms with E-state index >= 15 is 0 Å². The fraction of sp³-hybridized carbons (Fsp3) is 0.357. The van der Waals surface area contributed by atoms with E-state index in [0.717, 1.165) is 4.90 Å². The van der Waals surface area contributed by atoms with Crippen molar-refractivity contribution in [1.29, 1.82) is 0 Å². The maximum Gasteiger partial charge on any atom is 0.327 e. The van der Waals surface area contributed by atoms with Gasteiger partial charge in [-0.1, -0.05) is 11.6 Å². The average molecular weight is 328 g/mol. The zero-order chi connectivity index (χ0) is 15.8. The van der Waals surface area contributed by atoms with E-state index in [1.54, 1.807) is 13.8 Å². The van der Waals surface area contributed by atoms with Crippen molar-refractivity contribution < 1.29 is 19.5 Å². The lowest BCUT2D eigenvalue weighted by Crippen LogP contribution is -2.52. The Hall–Kier alpha value is -1.53. The predicted molar refractivity (Wildman–Crippen MR) is 80.6 cm³/mol. The number of carboxylic acids is 1. The van der Waals surface area contributed by atoms with Crippen molar-refractivity contribution >= 4 is 41.0 Å². The molecule has 0 bridgehead atoms. The highest BCUT2D eigenvalue weighted by Gasteiger charge is 2.48. The molecular formula is C14H14ClNO4S. The number of thioether (sulfide) groups is 1. The lowest BCUT2D eigenvalue weighted by atomic mass is 10.1. The van der Waals surface area contributed by atoms with Gasteiger partial charge in [-0.05, 0) is 38.1 Å². The minimum Gasteiger partial charge on any atom is -0.480 e. The number of rotatable bonds is 3. The van der Waals surface area contributed by atoms with Crippen molar-refractivity contribution in [2.75, 3.05) is 5.75 Å². The highest BCUT2D eigenvalue weighted by atomic mass is 35.5. The van der Waals surface area contributed by atoms with Crippen molar-refractivity contribution in [1.82, 2.24) is 4.90 Å². The SMILES string of the molecule is CC1(C)SC[C@@H](C(=O)O)N1C(=O)C(=O)c1ccc(Cl)cc1. The summed E-state index contributed by atoms with van der Waals surface area (Å²) >= 11 is 7.08. The number of benzene rings is 1. The summed E-state index contributed by atoms with van der Waals surface area (Å²) < 4.78 is 0. The third-order valence-electron chi connectivity index (χ3n) is 3.29. The van der Waals surface area contributed by atoms with Crippen LogP contribution in [0, 0.1) is 0 Å². The highest BCUT2D eigenvalue weighted by Crippen LogP contribution is 2.39. The second-order valence-electron chi connectivity index (χ2n) is 5.12. The van der Waals surface area contributed by atoms with Crippen molar-refractivity contribution in [2.45, 2.75) is 24.8 Å². The van der Waals surface area contributed by atoms with E-state index < -0.39 is 28.6 Å². The van der Waals surface area contributed by atoms with E-state index in [0.29, 0.717) is 5.02 Å². The summed E-state index contributed by atoms with van der Waals surface area (Å²) in [7, 11) is 0. The number of carboxylic acid groups (broad SMARTS) is 1. The van der Waals surface area contributed by atoms with Gasteiger partial charge in [0.1, 0.15) is 6.04 Å². The summed E-state index contributed by atoms with van der Waals surface area (Å²) in [4.78, 5) is 36.4. The molecule has 0 spiro atoms. The number of aliphatic carboxylic acids is 1. The Bertz CT molecular complexity index is 599. The molecule has 1 amide bonds. The number of amides is 1. The number of carbonyl (C=O) groups is 3. The van der Waals surface area contributed by atoms with Crippen LogP contribution in [0.25, 0.3) is 0 Å². The van der Waals surface area contributed by atoms with Crippen LogP contribution in [0.15, 0.2) is 24.3 Å². The highest BCUT2D eigenvalue weighted by molar-refractivity contribution is 8.00. The van der Waals surface area contributed by atoms with Crippen LogP contribution in [0.4, 0.5) is 0 Å². The predicted octanol–water partition coefficient (Wildman–Crippen LogP) is 2.29. The van der Waals surface area contributed by atoms with Crippen molar-refractivity contribution in [3.8, 4) is 0 Å². The van der Waals surface area contributed by atoms with Gasteiger partial charge in [-0.2, -0.15) is 0 Å². The zero-order valence-electron chi connectivity index (χ0n) is 11.5. The van der Waals surface area contributed by atoms with Crippen LogP contribution < -0.4 is 0 Å². The number of Topliss-reactive ketones (excluding diaryl/α,β-unsaturated/α-hetero) is 1. The Kier molecular flexibility index (Phi) is 4.30. The molecule has 0 radical (unpaired) electrons. The third kappa shape index (κ3) is 3.06. The van der Waals surface area contributed by atoms with Gasteiger partial charge in [-0.15, -0.1) is 11.8 Å². The molecule has 1 atom stereocenters.